The first-order valence-electron chi connectivity index (χ1n) is 16.2. The molecule has 0 radical (unpaired) electrons. The van der Waals surface area contributed by atoms with Crippen molar-refractivity contribution < 1.29 is 34.1 Å². The van der Waals surface area contributed by atoms with E-state index in [1.165, 1.54) is 18.9 Å². The molecular formula is C38H46ClN3O7. The van der Waals surface area contributed by atoms with Crippen LogP contribution < -0.4 is 10.1 Å². The minimum Gasteiger partial charge on any atom is -0.495 e. The summed E-state index contributed by atoms with van der Waals surface area (Å²) in [7, 11) is 2.66. The van der Waals surface area contributed by atoms with Crippen LogP contribution in [0.3, 0.4) is 0 Å². The second-order valence-corrected chi connectivity index (χ2v) is 12.4. The average molecular weight is 692 g/mol. The molecule has 0 spiro atoms. The van der Waals surface area contributed by atoms with Gasteiger partial charge in [-0.25, -0.2) is 4.79 Å². The molecule has 262 valence electrons. The molecule has 11 heteroatoms. The third-order valence-electron chi connectivity index (χ3n) is 8.81. The molecule has 3 heterocycles. The molecule has 2 fully saturated rings. The average Bonchev–Trinajstić information content (AvgIpc) is 3.61. The molecule has 2 atom stereocenters. The Morgan fingerprint density at radius 1 is 1.04 bits per heavy atom. The summed E-state index contributed by atoms with van der Waals surface area (Å²) in [6.45, 7) is 9.68. The SMILES string of the molecule is C=C/C(Cl)=C\C(=C)CNC(=O)c1cn(CCCN2C3CCC2CC(CC(=O)c2ccccc2)C3)c2c(OC)cccc12.CO.O=CC(=O)O. The number of Topliss-reactive ketones (excluding diaryl/α,β-unsaturated/α-hetero) is 1. The third kappa shape index (κ3) is 10.7. The number of amides is 1. The number of hydrogen-bond acceptors (Lipinski definition) is 7. The molecule has 2 bridgehead atoms. The Labute approximate surface area is 292 Å². The van der Waals surface area contributed by atoms with Crippen molar-refractivity contribution in [3.05, 3.63) is 102 Å². The summed E-state index contributed by atoms with van der Waals surface area (Å²) in [6, 6.07) is 16.6. The van der Waals surface area contributed by atoms with E-state index in [9.17, 15) is 9.59 Å². The summed E-state index contributed by atoms with van der Waals surface area (Å²) < 4.78 is 7.85. The zero-order chi connectivity index (χ0) is 35.9. The van der Waals surface area contributed by atoms with E-state index in [1.54, 1.807) is 13.2 Å². The summed E-state index contributed by atoms with van der Waals surface area (Å²) >= 11 is 6.02. The standard InChI is InChI=1S/C35H40ClN3O3.C2H2O3.CH4O/c1-4-27(36)18-24(2)22-37-35(41)31-23-38(34-30(31)12-8-13-33(34)42-3)16-9-17-39-28-14-15-29(39)20-25(19-28)21-32(40)26-10-6-5-7-11-26;3-1-2(4)5;1-2/h4-8,10-13,18,23,25,28-29H,1-2,9,14-17,19-22H2,3H3,(H,37,41);1H,(H,4,5);2H,1H3/b27-18+;;. The maximum absolute atomic E-state index is 13.2. The smallest absolute Gasteiger partial charge is 0.368 e. The number of aryl methyl sites for hydroxylation is 1. The van der Waals surface area contributed by atoms with Crippen LogP contribution in [-0.4, -0.2) is 83.0 Å². The van der Waals surface area contributed by atoms with Gasteiger partial charge in [0.05, 0.1) is 18.2 Å². The number of nitrogens with zero attached hydrogens (tertiary/aromatic N) is 2. The molecule has 3 N–H and O–H groups in total. The van der Waals surface area contributed by atoms with Gasteiger partial charge in [-0.1, -0.05) is 73.3 Å². The highest BCUT2D eigenvalue weighted by molar-refractivity contribution is 6.31. The fourth-order valence-corrected chi connectivity index (χ4v) is 6.94. The Kier molecular flexibility index (Phi) is 15.5. The monoisotopic (exact) mass is 691 g/mol. The van der Waals surface area contributed by atoms with Crippen LogP contribution in [0.5, 0.6) is 5.75 Å². The van der Waals surface area contributed by atoms with Gasteiger partial charge >= 0.3 is 5.97 Å². The molecule has 1 amide bonds. The van der Waals surface area contributed by atoms with E-state index in [1.807, 2.05) is 54.7 Å². The van der Waals surface area contributed by atoms with Crippen LogP contribution in [0.2, 0.25) is 0 Å². The first-order chi connectivity index (χ1) is 23.6. The van der Waals surface area contributed by atoms with E-state index < -0.39 is 5.97 Å². The second-order valence-electron chi connectivity index (χ2n) is 11.9. The fourth-order valence-electron chi connectivity index (χ4n) is 6.79. The number of para-hydroxylation sites is 1. The van der Waals surface area contributed by atoms with Crippen LogP contribution >= 0.6 is 11.6 Å². The van der Waals surface area contributed by atoms with Crippen LogP contribution in [0.4, 0.5) is 0 Å². The molecule has 2 unspecified atom stereocenters. The van der Waals surface area contributed by atoms with E-state index in [0.29, 0.717) is 40.6 Å². The highest BCUT2D eigenvalue weighted by Gasteiger charge is 2.40. The van der Waals surface area contributed by atoms with Crippen molar-refractivity contribution in [2.24, 2.45) is 5.92 Å². The Morgan fingerprint density at radius 2 is 1.69 bits per heavy atom. The van der Waals surface area contributed by atoms with Gasteiger partial charge < -0.3 is 24.8 Å². The number of carbonyl (C=O) groups is 4. The van der Waals surface area contributed by atoms with Crippen molar-refractivity contribution in [3.63, 3.8) is 0 Å². The van der Waals surface area contributed by atoms with Crippen LogP contribution in [0.25, 0.3) is 10.9 Å². The molecule has 0 saturated carbocycles. The zero-order valence-electron chi connectivity index (χ0n) is 28.1. The molecule has 2 aromatic carbocycles. The van der Waals surface area contributed by atoms with Crippen molar-refractivity contribution in [1.29, 1.82) is 0 Å². The number of aldehydes is 1. The maximum atomic E-state index is 13.2. The number of ketones is 1. The molecule has 2 aliphatic heterocycles. The number of carboxylic acids is 1. The summed E-state index contributed by atoms with van der Waals surface area (Å²) in [5.41, 5.74) is 3.06. The quantitative estimate of drug-likeness (QED) is 0.0807. The van der Waals surface area contributed by atoms with Gasteiger partial charge in [-0.3, -0.25) is 19.3 Å². The van der Waals surface area contributed by atoms with Crippen LogP contribution in [0.1, 0.15) is 59.2 Å². The first-order valence-corrected chi connectivity index (χ1v) is 16.6. The molecule has 3 aromatic rings. The van der Waals surface area contributed by atoms with Crippen molar-refractivity contribution in [3.8, 4) is 5.75 Å². The number of fused-ring (bicyclic) bond motifs is 3. The molecule has 1 aromatic heterocycles. The number of benzene rings is 2. The van der Waals surface area contributed by atoms with Gasteiger partial charge in [0.25, 0.3) is 5.91 Å². The number of piperidine rings is 1. The number of halogens is 1. The summed E-state index contributed by atoms with van der Waals surface area (Å²) in [6.07, 6.45) is 11.2. The number of aliphatic carboxylic acids is 1. The highest BCUT2D eigenvalue weighted by atomic mass is 35.5. The van der Waals surface area contributed by atoms with Crippen molar-refractivity contribution in [2.75, 3.05) is 27.3 Å². The summed E-state index contributed by atoms with van der Waals surface area (Å²) in [5.74, 6) is -0.111. The number of allylic oxidation sites excluding steroid dienone is 2. The summed E-state index contributed by atoms with van der Waals surface area (Å²) in [4.78, 5) is 46.6. The molecule has 0 aliphatic carbocycles. The number of hydrogen-bond donors (Lipinski definition) is 3. The Bertz CT molecular complexity index is 1640. The number of aliphatic hydroxyl groups excluding tert-OH is 1. The number of carbonyl (C=O) groups excluding carboxylic acids is 3. The number of rotatable bonds is 14. The lowest BCUT2D eigenvalue weighted by Crippen LogP contribution is -2.43. The zero-order valence-corrected chi connectivity index (χ0v) is 28.9. The highest BCUT2D eigenvalue weighted by Crippen LogP contribution is 2.40. The number of aromatic nitrogens is 1. The van der Waals surface area contributed by atoms with E-state index in [0.717, 1.165) is 61.7 Å². The van der Waals surface area contributed by atoms with E-state index in [2.05, 4.69) is 27.9 Å². The first kappa shape index (κ1) is 38.9. The molecule has 2 saturated heterocycles. The number of ether oxygens (including phenoxy) is 1. The lowest BCUT2D eigenvalue weighted by atomic mass is 9.85. The second kappa shape index (κ2) is 19.5. The number of carboxylic acid groups (broad SMARTS) is 1. The van der Waals surface area contributed by atoms with Gasteiger partial charge in [-0.15, -0.1) is 0 Å². The van der Waals surface area contributed by atoms with E-state index in [4.69, 9.17) is 36.1 Å². The lowest BCUT2D eigenvalue weighted by molar-refractivity contribution is -0.143. The number of aliphatic hydroxyl groups is 1. The molecule has 5 rings (SSSR count). The predicted octanol–water partition coefficient (Wildman–Crippen LogP) is 6.03. The summed E-state index contributed by atoms with van der Waals surface area (Å²) in [5, 5.41) is 18.7. The van der Waals surface area contributed by atoms with Crippen LogP contribution in [0.15, 0.2) is 90.6 Å². The minimum absolute atomic E-state index is 0.165. The minimum atomic E-state index is -1.43. The van der Waals surface area contributed by atoms with Crippen LogP contribution in [0, 0.1) is 5.92 Å². The van der Waals surface area contributed by atoms with E-state index >= 15 is 0 Å². The molecule has 49 heavy (non-hydrogen) atoms. The fraction of sp³-hybridized carbons (Fsp3) is 0.368. The van der Waals surface area contributed by atoms with Crippen molar-refractivity contribution in [1.82, 2.24) is 14.8 Å². The van der Waals surface area contributed by atoms with E-state index in [-0.39, 0.29) is 24.5 Å². The van der Waals surface area contributed by atoms with Gasteiger partial charge in [0.1, 0.15) is 5.75 Å². The van der Waals surface area contributed by atoms with Gasteiger partial charge in [0.2, 0.25) is 6.29 Å². The van der Waals surface area contributed by atoms with Crippen molar-refractivity contribution in [2.45, 2.75) is 57.2 Å². The largest absolute Gasteiger partial charge is 0.495 e. The topological polar surface area (TPSA) is 138 Å². The molecular weight excluding hydrogens is 646 g/mol. The number of nitrogens with one attached hydrogen (secondary N) is 1. The Morgan fingerprint density at radius 3 is 2.29 bits per heavy atom. The van der Waals surface area contributed by atoms with Gasteiger partial charge in [0, 0.05) is 67.4 Å². The van der Waals surface area contributed by atoms with Crippen molar-refractivity contribution >= 4 is 46.4 Å². The van der Waals surface area contributed by atoms with Gasteiger partial charge in [0.15, 0.2) is 5.78 Å². The normalized spacial score (nSPS) is 18.3. The maximum Gasteiger partial charge on any atom is 0.368 e. The van der Waals surface area contributed by atoms with Gasteiger partial charge in [-0.05, 0) is 55.7 Å². The third-order valence-corrected chi connectivity index (χ3v) is 9.07. The van der Waals surface area contributed by atoms with Gasteiger partial charge in [-0.2, -0.15) is 0 Å². The Hall–Kier alpha value is -4.51. The number of methoxy groups -OCH3 is 1. The predicted molar refractivity (Wildman–Crippen MR) is 192 cm³/mol. The Balaban J connectivity index is 0.000000852. The lowest BCUT2D eigenvalue weighted by Gasteiger charge is -2.39. The molecule has 10 nitrogen and oxygen atoms in total. The molecule has 2 aliphatic rings. The van der Waals surface area contributed by atoms with Crippen LogP contribution in [-0.2, 0) is 16.1 Å².